The zero-order valence-corrected chi connectivity index (χ0v) is 13.6. The molecule has 0 radical (unpaired) electrons. The minimum atomic E-state index is -0.218. The molecular weight excluding hydrogens is 298 g/mol. The van der Waals surface area contributed by atoms with Crippen molar-refractivity contribution in [1.29, 1.82) is 0 Å². The third-order valence-electron chi connectivity index (χ3n) is 3.11. The summed E-state index contributed by atoms with van der Waals surface area (Å²) in [5.74, 6) is 1.10. The number of nitrogens with zero attached hydrogens (tertiary/aromatic N) is 3. The lowest BCUT2D eigenvalue weighted by molar-refractivity contribution is 0.247. The van der Waals surface area contributed by atoms with Crippen LogP contribution in [0, 0.1) is 0 Å². The maximum Gasteiger partial charge on any atom is 0.319 e. The van der Waals surface area contributed by atoms with Crippen LogP contribution < -0.4 is 10.6 Å². The van der Waals surface area contributed by atoms with Crippen molar-refractivity contribution in [3.05, 3.63) is 42.5 Å². The van der Waals surface area contributed by atoms with E-state index in [2.05, 4.69) is 27.0 Å². The molecule has 1 aromatic carbocycles. The number of benzene rings is 1. The molecule has 1 aromatic heterocycles. The number of aryl methyl sites for hydroxylation is 1. The van der Waals surface area contributed by atoms with Gasteiger partial charge in [-0.25, -0.2) is 9.78 Å². The summed E-state index contributed by atoms with van der Waals surface area (Å²) in [6.45, 7) is 2.51. The van der Waals surface area contributed by atoms with Gasteiger partial charge >= 0.3 is 6.03 Å². The number of hydrogen-bond donors (Lipinski definition) is 2. The average Bonchev–Trinajstić information content (AvgIpc) is 2.99. The maximum absolute atomic E-state index is 11.9. The molecule has 2 aromatic rings. The van der Waals surface area contributed by atoms with Crippen molar-refractivity contribution in [3.8, 4) is 0 Å². The van der Waals surface area contributed by atoms with Crippen LogP contribution in [0.4, 0.5) is 10.5 Å². The van der Waals surface area contributed by atoms with Crippen molar-refractivity contribution in [3.63, 3.8) is 0 Å². The van der Waals surface area contributed by atoms with Crippen LogP contribution in [0.5, 0.6) is 0 Å². The minimum absolute atomic E-state index is 0.0393. The summed E-state index contributed by atoms with van der Waals surface area (Å²) in [5.41, 5.74) is 2.07. The summed E-state index contributed by atoms with van der Waals surface area (Å²) in [4.78, 5) is 15.8. The van der Waals surface area contributed by atoms with Crippen molar-refractivity contribution in [2.75, 3.05) is 17.3 Å². The van der Waals surface area contributed by atoms with E-state index in [-0.39, 0.29) is 12.1 Å². The fourth-order valence-corrected chi connectivity index (χ4v) is 2.46. The summed E-state index contributed by atoms with van der Waals surface area (Å²) >= 11 is 1.83. The fraction of sp³-hybridized carbons (Fsp3) is 0.400. The predicted molar refractivity (Wildman–Crippen MR) is 90.2 cm³/mol. The van der Waals surface area contributed by atoms with Gasteiger partial charge in [0.2, 0.25) is 0 Å². The largest absolute Gasteiger partial charge is 0.334 e. The average molecular weight is 319 g/mol. The number of amides is 2. The third kappa shape index (κ3) is 5.40. The van der Waals surface area contributed by atoms with E-state index in [1.54, 1.807) is 11.0 Å². The third-order valence-corrected chi connectivity index (χ3v) is 3.72. The number of rotatable bonds is 7. The summed E-state index contributed by atoms with van der Waals surface area (Å²) in [5, 5.41) is 9.72. The Bertz CT molecular complexity index is 570. The zero-order valence-electron chi connectivity index (χ0n) is 12.8. The van der Waals surface area contributed by atoms with Crippen LogP contribution in [-0.4, -0.2) is 38.8 Å². The molecule has 0 saturated heterocycles. The van der Waals surface area contributed by atoms with Gasteiger partial charge in [0.15, 0.2) is 0 Å². The molecule has 0 bridgehead atoms. The Labute approximate surface area is 134 Å². The lowest BCUT2D eigenvalue weighted by Gasteiger charge is -2.14. The second-order valence-electron chi connectivity index (χ2n) is 5.06. The highest BCUT2D eigenvalue weighted by Crippen LogP contribution is 2.11. The highest BCUT2D eigenvalue weighted by molar-refractivity contribution is 7.98. The Balaban J connectivity index is 1.78. The monoisotopic (exact) mass is 319 g/mol. The molecule has 1 atom stereocenters. The Hall–Kier alpha value is -2.02. The van der Waals surface area contributed by atoms with Gasteiger partial charge in [0.25, 0.3) is 0 Å². The van der Waals surface area contributed by atoms with Gasteiger partial charge in [-0.05, 0) is 43.0 Å². The van der Waals surface area contributed by atoms with Gasteiger partial charge in [0.1, 0.15) is 12.7 Å². The van der Waals surface area contributed by atoms with Crippen LogP contribution >= 0.6 is 11.8 Å². The van der Waals surface area contributed by atoms with Crippen LogP contribution in [0.1, 0.15) is 12.5 Å². The number of hydrogen-bond acceptors (Lipinski definition) is 4. The zero-order chi connectivity index (χ0) is 15.8. The van der Waals surface area contributed by atoms with Gasteiger partial charge in [0.05, 0.1) is 6.54 Å². The van der Waals surface area contributed by atoms with Gasteiger partial charge in [-0.1, -0.05) is 12.1 Å². The smallest absolute Gasteiger partial charge is 0.319 e. The quantitative estimate of drug-likeness (QED) is 0.822. The molecule has 2 rings (SSSR count). The topological polar surface area (TPSA) is 71.8 Å². The Kier molecular flexibility index (Phi) is 6.27. The molecule has 0 unspecified atom stereocenters. The molecular formula is C15H21N5OS. The minimum Gasteiger partial charge on any atom is -0.334 e. The van der Waals surface area contributed by atoms with Crippen LogP contribution in [0.15, 0.2) is 36.9 Å². The molecule has 6 nitrogen and oxygen atoms in total. The van der Waals surface area contributed by atoms with Gasteiger partial charge in [-0.2, -0.15) is 16.9 Å². The number of aromatic nitrogens is 3. The first-order chi connectivity index (χ1) is 10.7. The van der Waals surface area contributed by atoms with E-state index in [1.807, 2.05) is 43.0 Å². The summed E-state index contributed by atoms with van der Waals surface area (Å²) in [7, 11) is 0. The summed E-state index contributed by atoms with van der Waals surface area (Å²) < 4.78 is 1.69. The van der Waals surface area contributed by atoms with Crippen LogP contribution in [0.3, 0.4) is 0 Å². The van der Waals surface area contributed by atoms with E-state index in [4.69, 9.17) is 0 Å². The number of carbonyl (C=O) groups is 1. The number of nitrogens with one attached hydrogen (secondary N) is 2. The van der Waals surface area contributed by atoms with E-state index in [1.165, 1.54) is 11.9 Å². The first-order valence-corrected chi connectivity index (χ1v) is 8.54. The summed E-state index contributed by atoms with van der Waals surface area (Å²) in [6.07, 6.45) is 6.25. The normalized spacial score (nSPS) is 11.9. The van der Waals surface area contributed by atoms with Crippen molar-refractivity contribution >= 4 is 23.5 Å². The van der Waals surface area contributed by atoms with Crippen molar-refractivity contribution < 1.29 is 4.79 Å². The highest BCUT2D eigenvalue weighted by Gasteiger charge is 2.08. The van der Waals surface area contributed by atoms with Crippen LogP contribution in [0.25, 0.3) is 0 Å². The maximum atomic E-state index is 11.9. The van der Waals surface area contributed by atoms with Crippen molar-refractivity contribution in [2.24, 2.45) is 0 Å². The molecule has 0 aliphatic heterocycles. The van der Waals surface area contributed by atoms with E-state index < -0.39 is 0 Å². The molecule has 7 heteroatoms. The molecule has 1 heterocycles. The molecule has 22 heavy (non-hydrogen) atoms. The van der Waals surface area contributed by atoms with Crippen molar-refractivity contribution in [1.82, 2.24) is 20.1 Å². The molecule has 0 spiro atoms. The van der Waals surface area contributed by atoms with Gasteiger partial charge < -0.3 is 10.6 Å². The molecule has 2 N–H and O–H groups in total. The number of urea groups is 1. The second-order valence-corrected chi connectivity index (χ2v) is 6.04. The Morgan fingerprint density at radius 3 is 2.77 bits per heavy atom. The fourth-order valence-electron chi connectivity index (χ4n) is 2.02. The van der Waals surface area contributed by atoms with Gasteiger partial charge in [-0.15, -0.1) is 0 Å². The van der Waals surface area contributed by atoms with Crippen molar-refractivity contribution in [2.45, 2.75) is 25.9 Å². The highest BCUT2D eigenvalue weighted by atomic mass is 32.2. The van der Waals surface area contributed by atoms with Gasteiger partial charge in [-0.3, -0.25) is 4.68 Å². The molecule has 118 valence electrons. The first-order valence-electron chi connectivity index (χ1n) is 7.15. The van der Waals surface area contributed by atoms with Gasteiger partial charge in [0, 0.05) is 11.7 Å². The van der Waals surface area contributed by atoms with Crippen LogP contribution in [-0.2, 0) is 13.0 Å². The SMILES string of the molecule is CSCCc1ccc(NC(=O)N[C@@H](C)Cn2cncn2)cc1. The predicted octanol–water partition coefficient (Wildman–Crippen LogP) is 2.39. The number of anilines is 1. The molecule has 0 saturated carbocycles. The van der Waals surface area contributed by atoms with E-state index in [9.17, 15) is 4.79 Å². The molecule has 0 aliphatic rings. The Morgan fingerprint density at radius 1 is 1.36 bits per heavy atom. The van der Waals surface area contributed by atoms with E-state index >= 15 is 0 Å². The summed E-state index contributed by atoms with van der Waals surface area (Å²) in [6, 6.07) is 7.69. The van der Waals surface area contributed by atoms with Crippen LogP contribution in [0.2, 0.25) is 0 Å². The number of carbonyl (C=O) groups excluding carboxylic acids is 1. The second kappa shape index (κ2) is 8.43. The van der Waals surface area contributed by atoms with E-state index in [0.717, 1.165) is 17.9 Å². The molecule has 0 aliphatic carbocycles. The molecule has 0 fully saturated rings. The standard InChI is InChI=1S/C15H21N5OS/c1-12(9-20-11-16-10-17-20)18-15(21)19-14-5-3-13(4-6-14)7-8-22-2/h3-6,10-12H,7-9H2,1-2H3,(H2,18,19,21)/t12-/m0/s1. The molecule has 2 amide bonds. The lowest BCUT2D eigenvalue weighted by Crippen LogP contribution is -2.38. The first kappa shape index (κ1) is 16.4. The Morgan fingerprint density at radius 2 is 2.14 bits per heavy atom. The number of thioether (sulfide) groups is 1. The lowest BCUT2D eigenvalue weighted by atomic mass is 10.1. The van der Waals surface area contributed by atoms with E-state index in [0.29, 0.717) is 6.54 Å².